The van der Waals surface area contributed by atoms with Crippen LogP contribution in [0.2, 0.25) is 0 Å². The van der Waals surface area contributed by atoms with Crippen molar-refractivity contribution in [3.8, 4) is 18.1 Å². The van der Waals surface area contributed by atoms with Crippen molar-refractivity contribution in [3.63, 3.8) is 0 Å². The van der Waals surface area contributed by atoms with Crippen LogP contribution in [0.4, 0.5) is 27.5 Å². The summed E-state index contributed by atoms with van der Waals surface area (Å²) < 4.78 is 21.3. The summed E-state index contributed by atoms with van der Waals surface area (Å²) in [6.45, 7) is 1.58. The van der Waals surface area contributed by atoms with E-state index in [-0.39, 0.29) is 30.5 Å². The number of carbonyl (C=O) groups excluding carboxylic acids is 2. The SMILES string of the molecule is C#C[C@@]1(F)CN(C2CCCC2)c2nc(Nc3ccc(C(=O)NC4CCCNCC4)cc3OC)ncc2N(C)C1=O. The van der Waals surface area contributed by atoms with Gasteiger partial charge < -0.3 is 30.5 Å². The maximum absolute atomic E-state index is 15.7. The third-order valence-electron chi connectivity index (χ3n) is 8.03. The first kappa shape index (κ1) is 27.6. The Morgan fingerprint density at radius 1 is 1.23 bits per heavy atom. The van der Waals surface area contributed by atoms with Crippen LogP contribution >= 0.6 is 0 Å². The standard InChI is InChI=1S/C29H36FN7O3/c1-4-29(30)18-37(21-9-5-6-10-21)25-23(36(2)27(29)39)17-32-28(35-25)34-22-12-11-19(16-24(22)40-3)26(38)33-20-8-7-14-31-15-13-20/h1,11-12,16-17,20-21,31H,5-10,13-15,18H2,2-3H3,(H,33,38)(H,32,34,35)/t20?,29-/m1/s1. The second kappa shape index (κ2) is 11.7. The minimum absolute atomic E-state index is 0.0147. The van der Waals surface area contributed by atoms with Crippen LogP contribution in [0.3, 0.4) is 0 Å². The molecule has 3 N–H and O–H groups in total. The number of amides is 2. The number of ether oxygens (including phenoxy) is 1. The number of rotatable bonds is 6. The van der Waals surface area contributed by atoms with E-state index < -0.39 is 11.6 Å². The Kier molecular flexibility index (Phi) is 8.07. The maximum atomic E-state index is 15.7. The Hall–Kier alpha value is -3.91. The summed E-state index contributed by atoms with van der Waals surface area (Å²) in [5, 5.41) is 9.65. The number of halogens is 1. The van der Waals surface area contributed by atoms with Crippen LogP contribution in [-0.2, 0) is 4.79 Å². The molecule has 10 nitrogen and oxygen atoms in total. The molecular weight excluding hydrogens is 513 g/mol. The van der Waals surface area contributed by atoms with Crippen molar-refractivity contribution >= 4 is 35.0 Å². The number of hydrogen-bond donors (Lipinski definition) is 3. The highest BCUT2D eigenvalue weighted by atomic mass is 19.1. The molecule has 0 bridgehead atoms. The lowest BCUT2D eigenvalue weighted by Crippen LogP contribution is -2.50. The van der Waals surface area contributed by atoms with Crippen molar-refractivity contribution in [1.29, 1.82) is 0 Å². The smallest absolute Gasteiger partial charge is 0.279 e. The molecule has 1 unspecified atom stereocenters. The first-order chi connectivity index (χ1) is 19.3. The first-order valence-electron chi connectivity index (χ1n) is 13.9. The van der Waals surface area contributed by atoms with Gasteiger partial charge in [-0.25, -0.2) is 9.37 Å². The van der Waals surface area contributed by atoms with Crippen molar-refractivity contribution in [2.45, 2.75) is 62.7 Å². The molecule has 2 aliphatic heterocycles. The van der Waals surface area contributed by atoms with Crippen LogP contribution in [0.25, 0.3) is 0 Å². The number of fused-ring (bicyclic) bond motifs is 1. The average molecular weight is 550 g/mol. The quantitative estimate of drug-likeness (QED) is 0.472. The summed E-state index contributed by atoms with van der Waals surface area (Å²) in [6, 6.07) is 5.29. The normalized spacial score (nSPS) is 23.6. The van der Waals surface area contributed by atoms with E-state index in [0.717, 1.165) is 58.0 Å². The maximum Gasteiger partial charge on any atom is 0.279 e. The Morgan fingerprint density at radius 3 is 2.77 bits per heavy atom. The number of anilines is 4. The highest BCUT2D eigenvalue weighted by Crippen LogP contribution is 2.39. The fourth-order valence-corrected chi connectivity index (χ4v) is 5.74. The predicted molar refractivity (Wildman–Crippen MR) is 152 cm³/mol. The van der Waals surface area contributed by atoms with Gasteiger partial charge in [-0.1, -0.05) is 18.8 Å². The number of methoxy groups -OCH3 is 1. The molecule has 1 aromatic heterocycles. The monoisotopic (exact) mass is 549 g/mol. The number of hydrogen-bond acceptors (Lipinski definition) is 8. The molecule has 1 saturated carbocycles. The van der Waals surface area contributed by atoms with Gasteiger partial charge in [-0.15, -0.1) is 6.42 Å². The summed E-state index contributed by atoms with van der Waals surface area (Å²) in [7, 11) is 3.01. The van der Waals surface area contributed by atoms with Crippen LogP contribution in [0.1, 0.15) is 55.3 Å². The zero-order chi connectivity index (χ0) is 28.3. The molecule has 1 aliphatic carbocycles. The van der Waals surface area contributed by atoms with Gasteiger partial charge >= 0.3 is 0 Å². The molecule has 212 valence electrons. The lowest BCUT2D eigenvalue weighted by Gasteiger charge is -2.31. The highest BCUT2D eigenvalue weighted by molar-refractivity contribution is 6.05. The van der Waals surface area contributed by atoms with Gasteiger partial charge in [0.1, 0.15) is 11.4 Å². The molecule has 40 heavy (non-hydrogen) atoms. The Bertz CT molecular complexity index is 1300. The number of aromatic nitrogens is 2. The van der Waals surface area contributed by atoms with E-state index in [4.69, 9.17) is 16.1 Å². The summed E-state index contributed by atoms with van der Waals surface area (Å²) in [6.07, 6.45) is 13.6. The third-order valence-corrected chi connectivity index (χ3v) is 8.03. The second-order valence-electron chi connectivity index (χ2n) is 10.7. The van der Waals surface area contributed by atoms with Crippen molar-refractivity contribution < 1.29 is 18.7 Å². The van der Waals surface area contributed by atoms with Gasteiger partial charge in [0.25, 0.3) is 17.5 Å². The van der Waals surface area contributed by atoms with E-state index in [1.807, 2.05) is 4.90 Å². The van der Waals surface area contributed by atoms with Gasteiger partial charge in [-0.05, 0) is 63.4 Å². The molecule has 11 heteroatoms. The number of alkyl halides is 1. The van der Waals surface area contributed by atoms with Gasteiger partial charge in [0.2, 0.25) is 5.95 Å². The fraction of sp³-hybridized carbons (Fsp3) is 0.517. The molecule has 5 rings (SSSR count). The molecule has 0 spiro atoms. The predicted octanol–water partition coefficient (Wildman–Crippen LogP) is 3.17. The summed E-state index contributed by atoms with van der Waals surface area (Å²) in [4.78, 5) is 38.1. The molecular formula is C29H36FN7O3. The number of nitrogens with one attached hydrogen (secondary N) is 3. The molecule has 2 amide bonds. The van der Waals surface area contributed by atoms with Gasteiger partial charge in [-0.2, -0.15) is 4.98 Å². The van der Waals surface area contributed by atoms with Crippen LogP contribution in [0.5, 0.6) is 5.75 Å². The molecule has 2 aromatic rings. The van der Waals surface area contributed by atoms with E-state index >= 15 is 4.39 Å². The minimum Gasteiger partial charge on any atom is -0.495 e. The van der Waals surface area contributed by atoms with Crippen molar-refractivity contribution in [1.82, 2.24) is 20.6 Å². The number of terminal acetylenes is 1. The van der Waals surface area contributed by atoms with Gasteiger partial charge in [0.15, 0.2) is 5.82 Å². The third kappa shape index (κ3) is 5.54. The zero-order valence-electron chi connectivity index (χ0n) is 23.0. The largest absolute Gasteiger partial charge is 0.495 e. The Labute approximate surface area is 234 Å². The van der Waals surface area contributed by atoms with E-state index in [0.29, 0.717) is 28.5 Å². The second-order valence-corrected chi connectivity index (χ2v) is 10.7. The number of carbonyl (C=O) groups is 2. The molecule has 0 radical (unpaired) electrons. The average Bonchev–Trinajstić information content (AvgIpc) is 3.36. The van der Waals surface area contributed by atoms with E-state index in [9.17, 15) is 9.59 Å². The van der Waals surface area contributed by atoms with Gasteiger partial charge in [0.05, 0.1) is 25.5 Å². The van der Waals surface area contributed by atoms with Gasteiger partial charge in [0, 0.05) is 24.7 Å². The minimum atomic E-state index is -2.47. The van der Waals surface area contributed by atoms with Crippen LogP contribution in [0, 0.1) is 12.3 Å². The first-order valence-corrected chi connectivity index (χ1v) is 13.9. The molecule has 2 atom stereocenters. The highest BCUT2D eigenvalue weighted by Gasteiger charge is 2.47. The molecule has 1 saturated heterocycles. The van der Waals surface area contributed by atoms with Crippen molar-refractivity contribution in [3.05, 3.63) is 30.0 Å². The number of nitrogens with zero attached hydrogens (tertiary/aromatic N) is 4. The summed E-state index contributed by atoms with van der Waals surface area (Å²) in [5.74, 6) is 2.27. The zero-order valence-corrected chi connectivity index (χ0v) is 23.0. The molecule has 1 aromatic carbocycles. The van der Waals surface area contributed by atoms with Crippen LogP contribution in [-0.4, -0.2) is 73.3 Å². The van der Waals surface area contributed by atoms with Crippen molar-refractivity contribution in [2.24, 2.45) is 0 Å². The Balaban J connectivity index is 1.41. The summed E-state index contributed by atoms with van der Waals surface area (Å²) >= 11 is 0. The lowest BCUT2D eigenvalue weighted by molar-refractivity contribution is -0.125. The molecule has 3 aliphatic rings. The van der Waals surface area contributed by atoms with Crippen molar-refractivity contribution in [2.75, 3.05) is 48.9 Å². The fourth-order valence-electron chi connectivity index (χ4n) is 5.74. The molecule has 2 fully saturated rings. The van der Waals surface area contributed by atoms with E-state index in [1.165, 1.54) is 25.3 Å². The molecule has 3 heterocycles. The van der Waals surface area contributed by atoms with E-state index in [2.05, 4.69) is 26.9 Å². The summed E-state index contributed by atoms with van der Waals surface area (Å²) in [5.41, 5.74) is -1.03. The number of benzene rings is 1. The van der Waals surface area contributed by atoms with Crippen LogP contribution in [0.15, 0.2) is 24.4 Å². The lowest BCUT2D eigenvalue weighted by atomic mass is 10.0. The van der Waals surface area contributed by atoms with Gasteiger partial charge in [-0.3, -0.25) is 9.59 Å². The topological polar surface area (TPSA) is 112 Å². The van der Waals surface area contributed by atoms with E-state index in [1.54, 1.807) is 18.2 Å². The van der Waals surface area contributed by atoms with Crippen LogP contribution < -0.4 is 30.5 Å². The Morgan fingerprint density at radius 2 is 2.02 bits per heavy atom.